The average Bonchev–Trinajstić information content (AvgIpc) is 2.50. The van der Waals surface area contributed by atoms with E-state index < -0.39 is 30.0 Å². The lowest BCUT2D eigenvalue weighted by atomic mass is 10.3. The minimum atomic E-state index is -4.83. The molecule has 0 aliphatic rings. The van der Waals surface area contributed by atoms with E-state index >= 15 is 0 Å². The van der Waals surface area contributed by atoms with Crippen LogP contribution in [0, 0.1) is 0 Å². The van der Waals surface area contributed by atoms with Gasteiger partial charge < -0.3 is 10.6 Å². The molecule has 26 heavy (non-hydrogen) atoms. The van der Waals surface area contributed by atoms with Crippen LogP contribution >= 0.6 is 11.6 Å². The number of anilines is 3. The maximum absolute atomic E-state index is 11.5. The molecule has 0 aliphatic carbocycles. The standard InChI is InChI=1S/C12H14ClN5O6S2/c1-2-5-14-11-16-10(13)17-12(18-11)15-8-4-3-7(25(19,20)21)6-9(8)26(22,23)24/h3-4,6H,2,5H2,1H3,(H,19,20,21)(H,22,23,24)(H2,14,15,16,17,18). The van der Waals surface area contributed by atoms with E-state index in [2.05, 4.69) is 25.6 Å². The zero-order valence-corrected chi connectivity index (χ0v) is 15.6. The Morgan fingerprint density at radius 3 is 2.27 bits per heavy atom. The van der Waals surface area contributed by atoms with Crippen LogP contribution in [0.3, 0.4) is 0 Å². The first-order valence-electron chi connectivity index (χ1n) is 7.02. The van der Waals surface area contributed by atoms with Crippen LogP contribution < -0.4 is 10.6 Å². The van der Waals surface area contributed by atoms with Crippen LogP contribution in [0.15, 0.2) is 28.0 Å². The molecular weight excluding hydrogens is 410 g/mol. The number of nitrogens with one attached hydrogen (secondary N) is 2. The molecule has 4 N–H and O–H groups in total. The van der Waals surface area contributed by atoms with Crippen molar-refractivity contribution in [1.82, 2.24) is 15.0 Å². The van der Waals surface area contributed by atoms with Gasteiger partial charge in [0, 0.05) is 6.54 Å². The highest BCUT2D eigenvalue weighted by Gasteiger charge is 2.21. The van der Waals surface area contributed by atoms with Gasteiger partial charge in [-0.2, -0.15) is 31.8 Å². The predicted molar refractivity (Wildman–Crippen MR) is 93.0 cm³/mol. The lowest BCUT2D eigenvalue weighted by Crippen LogP contribution is -2.10. The van der Waals surface area contributed by atoms with E-state index in [0.717, 1.165) is 18.6 Å². The summed E-state index contributed by atoms with van der Waals surface area (Å²) in [5, 5.41) is 5.20. The number of rotatable bonds is 7. The molecule has 0 aliphatic heterocycles. The first kappa shape index (κ1) is 20.3. The van der Waals surface area contributed by atoms with Crippen molar-refractivity contribution in [2.24, 2.45) is 0 Å². The Kier molecular flexibility index (Phi) is 5.98. The molecule has 0 saturated heterocycles. The summed E-state index contributed by atoms with van der Waals surface area (Å²) in [5.74, 6) is -0.00887. The van der Waals surface area contributed by atoms with E-state index in [4.69, 9.17) is 16.2 Å². The molecule has 0 spiro atoms. The van der Waals surface area contributed by atoms with Gasteiger partial charge in [0.05, 0.1) is 10.6 Å². The fourth-order valence-electron chi connectivity index (χ4n) is 1.82. The van der Waals surface area contributed by atoms with Crippen LogP contribution in [0.25, 0.3) is 0 Å². The van der Waals surface area contributed by atoms with Gasteiger partial charge in [0.2, 0.25) is 17.2 Å². The van der Waals surface area contributed by atoms with Gasteiger partial charge in [-0.1, -0.05) is 6.92 Å². The van der Waals surface area contributed by atoms with Gasteiger partial charge in [0.1, 0.15) is 4.90 Å². The summed E-state index contributed by atoms with van der Waals surface area (Å²) in [6, 6.07) is 2.54. The highest BCUT2D eigenvalue weighted by atomic mass is 35.5. The van der Waals surface area contributed by atoms with Crippen LogP contribution in [-0.2, 0) is 20.2 Å². The molecule has 1 heterocycles. The van der Waals surface area contributed by atoms with Crippen LogP contribution in [0.4, 0.5) is 17.6 Å². The maximum atomic E-state index is 11.5. The molecule has 0 bridgehead atoms. The van der Waals surface area contributed by atoms with E-state index in [-0.39, 0.29) is 22.9 Å². The zero-order valence-electron chi connectivity index (χ0n) is 13.2. The van der Waals surface area contributed by atoms with Crippen LogP contribution in [-0.4, -0.2) is 47.4 Å². The number of hydrogen-bond donors (Lipinski definition) is 4. The molecule has 14 heteroatoms. The quantitative estimate of drug-likeness (QED) is 0.476. The van der Waals surface area contributed by atoms with E-state index in [9.17, 15) is 21.4 Å². The highest BCUT2D eigenvalue weighted by Crippen LogP contribution is 2.27. The van der Waals surface area contributed by atoms with Gasteiger partial charge in [0.25, 0.3) is 20.2 Å². The number of halogens is 1. The first-order chi connectivity index (χ1) is 12.0. The molecule has 142 valence electrons. The minimum absolute atomic E-state index is 0.136. The summed E-state index contributed by atoms with van der Waals surface area (Å²) in [7, 11) is -9.50. The normalized spacial score (nSPS) is 12.0. The van der Waals surface area contributed by atoms with Crippen molar-refractivity contribution in [1.29, 1.82) is 0 Å². The Labute approximate surface area is 154 Å². The Morgan fingerprint density at radius 2 is 1.69 bits per heavy atom. The molecule has 0 fully saturated rings. The number of nitrogens with zero attached hydrogens (tertiary/aromatic N) is 3. The third-order valence-corrected chi connectivity index (χ3v) is 4.83. The van der Waals surface area contributed by atoms with E-state index in [1.807, 2.05) is 6.92 Å². The first-order valence-corrected chi connectivity index (χ1v) is 10.3. The molecule has 0 atom stereocenters. The largest absolute Gasteiger partial charge is 0.354 e. The maximum Gasteiger partial charge on any atom is 0.296 e. The second kappa shape index (κ2) is 7.67. The van der Waals surface area contributed by atoms with Gasteiger partial charge in [-0.15, -0.1) is 0 Å². The summed E-state index contributed by atoms with van der Waals surface area (Å²) in [5.41, 5.74) is -0.233. The molecule has 1 aromatic heterocycles. The van der Waals surface area contributed by atoms with Crippen LogP contribution in [0.1, 0.15) is 13.3 Å². The van der Waals surface area contributed by atoms with Crippen molar-refractivity contribution in [2.45, 2.75) is 23.1 Å². The summed E-state index contributed by atoms with van der Waals surface area (Å²) in [4.78, 5) is 10.1. The monoisotopic (exact) mass is 423 g/mol. The second-order valence-electron chi connectivity index (χ2n) is 4.91. The third-order valence-electron chi connectivity index (χ3n) is 2.92. The van der Waals surface area contributed by atoms with Gasteiger partial charge in [0.15, 0.2) is 0 Å². The van der Waals surface area contributed by atoms with Crippen molar-refractivity contribution in [3.63, 3.8) is 0 Å². The number of hydrogen-bond acceptors (Lipinski definition) is 9. The molecule has 0 amide bonds. The zero-order chi connectivity index (χ0) is 19.5. The fraction of sp³-hybridized carbons (Fsp3) is 0.250. The van der Waals surface area contributed by atoms with Crippen molar-refractivity contribution in [2.75, 3.05) is 17.2 Å². The van der Waals surface area contributed by atoms with Crippen molar-refractivity contribution < 1.29 is 25.9 Å². The summed E-state index contributed by atoms with van der Waals surface area (Å²) < 4.78 is 63.8. The van der Waals surface area contributed by atoms with E-state index in [1.165, 1.54) is 0 Å². The van der Waals surface area contributed by atoms with E-state index in [1.54, 1.807) is 0 Å². The fourth-order valence-corrected chi connectivity index (χ4v) is 3.24. The lowest BCUT2D eigenvalue weighted by Gasteiger charge is -2.11. The van der Waals surface area contributed by atoms with Gasteiger partial charge in [-0.3, -0.25) is 9.11 Å². The Balaban J connectivity index is 2.48. The van der Waals surface area contributed by atoms with Crippen LogP contribution in [0.5, 0.6) is 0 Å². The van der Waals surface area contributed by atoms with Gasteiger partial charge >= 0.3 is 0 Å². The topological polar surface area (TPSA) is 171 Å². The van der Waals surface area contributed by atoms with E-state index in [0.29, 0.717) is 12.6 Å². The van der Waals surface area contributed by atoms with Crippen LogP contribution in [0.2, 0.25) is 5.28 Å². The van der Waals surface area contributed by atoms with Gasteiger partial charge in [-0.05, 0) is 36.2 Å². The number of aromatic nitrogens is 3. The summed E-state index contributed by atoms with van der Waals surface area (Å²) >= 11 is 5.79. The second-order valence-corrected chi connectivity index (χ2v) is 8.06. The summed E-state index contributed by atoms with van der Waals surface area (Å²) in [6.45, 7) is 2.48. The minimum Gasteiger partial charge on any atom is -0.354 e. The Hall–Kier alpha value is -2.06. The molecule has 0 radical (unpaired) electrons. The lowest BCUT2D eigenvalue weighted by molar-refractivity contribution is 0.481. The molecule has 1 aromatic carbocycles. The summed E-state index contributed by atoms with van der Waals surface area (Å²) in [6.07, 6.45) is 0.788. The molecular formula is C12H14ClN5O6S2. The molecule has 11 nitrogen and oxygen atoms in total. The van der Waals surface area contributed by atoms with Crippen molar-refractivity contribution in [3.8, 4) is 0 Å². The SMILES string of the molecule is CCCNc1nc(Cl)nc(Nc2ccc(S(=O)(=O)O)cc2S(=O)(=O)O)n1. The Bertz CT molecular complexity index is 1030. The van der Waals surface area contributed by atoms with Crippen molar-refractivity contribution >= 4 is 49.4 Å². The average molecular weight is 424 g/mol. The molecule has 0 saturated carbocycles. The molecule has 2 rings (SSSR count). The Morgan fingerprint density at radius 1 is 1.04 bits per heavy atom. The van der Waals surface area contributed by atoms with Crippen molar-refractivity contribution in [3.05, 3.63) is 23.5 Å². The van der Waals surface area contributed by atoms with Gasteiger partial charge in [-0.25, -0.2) is 0 Å². The third kappa shape index (κ3) is 5.22. The predicted octanol–water partition coefficient (Wildman–Crippen LogP) is 1.58. The highest BCUT2D eigenvalue weighted by molar-refractivity contribution is 7.86. The molecule has 2 aromatic rings. The number of benzene rings is 1. The molecule has 0 unspecified atom stereocenters. The smallest absolute Gasteiger partial charge is 0.296 e.